The molecule has 0 bridgehead atoms. The van der Waals surface area contributed by atoms with Crippen molar-refractivity contribution in [2.45, 2.75) is 84.3 Å². The van der Waals surface area contributed by atoms with Crippen LogP contribution in [0.4, 0.5) is 5.82 Å². The molecule has 6 aromatic rings. The second kappa shape index (κ2) is 19.6. The molecule has 3 amide bonds. The largest absolute Gasteiger partial charge is 0.488 e. The number of carbonyl (C=O) groups excluding carboxylic acids is 3. The molecular weight excluding hydrogens is 791 g/mol. The topological polar surface area (TPSA) is 189 Å². The minimum absolute atomic E-state index is 0.0323. The predicted molar refractivity (Wildman–Crippen MR) is 249 cm³/mol. The van der Waals surface area contributed by atoms with E-state index < -0.39 is 7.12 Å². The maximum atomic E-state index is 12.7. The summed E-state index contributed by atoms with van der Waals surface area (Å²) >= 11 is 0. The molecule has 0 radical (unpaired) electrons. The van der Waals surface area contributed by atoms with Gasteiger partial charge in [-0.05, 0) is 81.7 Å². The highest BCUT2D eigenvalue weighted by molar-refractivity contribution is 6.58. The molecule has 0 aliphatic carbocycles. The monoisotopic (exact) mass is 848 g/mol. The van der Waals surface area contributed by atoms with Gasteiger partial charge in [0.25, 0.3) is 11.8 Å². The van der Waals surface area contributed by atoms with Gasteiger partial charge in [-0.1, -0.05) is 121 Å². The van der Waals surface area contributed by atoms with Crippen LogP contribution in [-0.2, 0) is 28.7 Å². The molecule has 0 spiro atoms. The van der Waals surface area contributed by atoms with Gasteiger partial charge in [-0.3, -0.25) is 14.4 Å². The Morgan fingerprint density at radius 3 is 1.76 bits per heavy atom. The normalized spacial score (nSPS) is 14.0. The number of fused-ring (bicyclic) bond motifs is 1. The summed E-state index contributed by atoms with van der Waals surface area (Å²) < 4.78 is 1.88. The molecular formula is C49H57BN8O5. The average Bonchev–Trinajstić information content (AvgIpc) is 3.68. The standard InChI is InChI=1S/C31H35N7O2.C18H22BNO3/c1-5-25(39)37-16-6-7-24(18-37)38-29-26(28(32)34-19-35-29)27(36-38)21-10-8-20(9-11-21)17-33-30(40)22-12-14-23(15-13-22)31(2,3)4;1-18(2,3)15-8-6-14(7-9-15)17(21)20-12-13-4-10-16(11-5-13)19(22)23/h5,8-15,19,24H,1,6-7,16-18H2,2-4H3,(H,33,40)(H2,32,34,35);4-11,22-23H,12H2,1-3H3,(H,20,21)/t24-;/m1./s1. The first-order valence-corrected chi connectivity index (χ1v) is 21.1. The lowest BCUT2D eigenvalue weighted by molar-refractivity contribution is -0.127. The minimum Gasteiger partial charge on any atom is -0.423 e. The SMILES string of the molecule is C=CC(=O)N1CCC[C@@H](n2nc(-c3ccc(CNC(=O)c4ccc(C(C)(C)C)cc4)cc3)c3c(N)ncnc32)C1.CC(C)(C)c1ccc(C(=O)NCc2ccc(B(O)O)cc2)cc1. The lowest BCUT2D eigenvalue weighted by Crippen LogP contribution is -2.40. The van der Waals surface area contributed by atoms with Crippen LogP contribution in [0.25, 0.3) is 22.3 Å². The van der Waals surface area contributed by atoms with Crippen molar-refractivity contribution in [3.8, 4) is 11.3 Å². The number of carbonyl (C=O) groups is 3. The van der Waals surface area contributed by atoms with Crippen LogP contribution in [0.1, 0.15) is 103 Å². The van der Waals surface area contributed by atoms with Crippen molar-refractivity contribution in [1.29, 1.82) is 0 Å². The second-order valence-corrected chi connectivity index (χ2v) is 17.9. The van der Waals surface area contributed by atoms with Crippen molar-refractivity contribution in [2.24, 2.45) is 0 Å². The molecule has 14 heteroatoms. The third kappa shape index (κ3) is 11.4. The summed E-state index contributed by atoms with van der Waals surface area (Å²) in [5, 5.41) is 29.6. The highest BCUT2D eigenvalue weighted by atomic mass is 16.4. The third-order valence-corrected chi connectivity index (χ3v) is 11.2. The van der Waals surface area contributed by atoms with E-state index in [1.807, 2.05) is 77.5 Å². The zero-order chi connectivity index (χ0) is 45.5. The highest BCUT2D eigenvalue weighted by Crippen LogP contribution is 2.34. The van der Waals surface area contributed by atoms with Crippen molar-refractivity contribution in [3.63, 3.8) is 0 Å². The van der Waals surface area contributed by atoms with E-state index in [9.17, 15) is 14.4 Å². The smallest absolute Gasteiger partial charge is 0.423 e. The quantitative estimate of drug-likeness (QED) is 0.0785. The Morgan fingerprint density at radius 1 is 0.778 bits per heavy atom. The molecule has 326 valence electrons. The van der Waals surface area contributed by atoms with Gasteiger partial charge < -0.3 is 31.3 Å². The summed E-state index contributed by atoms with van der Waals surface area (Å²) in [6.45, 7) is 18.5. The van der Waals surface area contributed by atoms with Crippen molar-refractivity contribution >= 4 is 47.2 Å². The molecule has 3 heterocycles. The molecule has 6 N–H and O–H groups in total. The van der Waals surface area contributed by atoms with Gasteiger partial charge in [0.15, 0.2) is 5.65 Å². The number of amides is 3. The van der Waals surface area contributed by atoms with E-state index in [-0.39, 0.29) is 34.6 Å². The van der Waals surface area contributed by atoms with Crippen LogP contribution in [0, 0.1) is 0 Å². The van der Waals surface area contributed by atoms with Gasteiger partial charge in [0.2, 0.25) is 5.91 Å². The Hall–Kier alpha value is -6.64. The summed E-state index contributed by atoms with van der Waals surface area (Å²) in [7, 11) is -1.47. The van der Waals surface area contributed by atoms with E-state index in [0.29, 0.717) is 65.3 Å². The molecule has 0 saturated carbocycles. The number of nitrogens with one attached hydrogen (secondary N) is 2. The lowest BCUT2D eigenvalue weighted by atomic mass is 9.80. The molecule has 1 saturated heterocycles. The molecule has 0 unspecified atom stereocenters. The maximum absolute atomic E-state index is 12.7. The number of anilines is 1. The lowest BCUT2D eigenvalue weighted by Gasteiger charge is -2.32. The molecule has 4 aromatic carbocycles. The van der Waals surface area contributed by atoms with Crippen LogP contribution in [0.5, 0.6) is 0 Å². The Balaban J connectivity index is 0.000000244. The summed E-state index contributed by atoms with van der Waals surface area (Å²) in [6.07, 6.45) is 4.53. The van der Waals surface area contributed by atoms with Crippen LogP contribution >= 0.6 is 0 Å². The highest BCUT2D eigenvalue weighted by Gasteiger charge is 2.28. The van der Waals surface area contributed by atoms with Crippen molar-refractivity contribution in [3.05, 3.63) is 149 Å². The number of nitrogens with two attached hydrogens (primary N) is 1. The number of nitrogen functional groups attached to an aromatic ring is 1. The van der Waals surface area contributed by atoms with Crippen LogP contribution in [0.15, 0.2) is 116 Å². The fraction of sp³-hybridized carbons (Fsp3) is 0.306. The van der Waals surface area contributed by atoms with Crippen LogP contribution < -0.4 is 21.8 Å². The number of hydrogen-bond acceptors (Lipinski definition) is 9. The van der Waals surface area contributed by atoms with E-state index in [4.69, 9.17) is 20.9 Å². The summed E-state index contributed by atoms with van der Waals surface area (Å²) in [5.41, 5.74) is 14.5. The van der Waals surface area contributed by atoms with Crippen LogP contribution in [0.3, 0.4) is 0 Å². The Kier molecular flexibility index (Phi) is 14.3. The van der Waals surface area contributed by atoms with Crippen molar-refractivity contribution in [2.75, 3.05) is 18.8 Å². The zero-order valence-corrected chi connectivity index (χ0v) is 36.9. The summed E-state index contributed by atoms with van der Waals surface area (Å²) in [4.78, 5) is 47.6. The van der Waals surface area contributed by atoms with Gasteiger partial charge in [0.1, 0.15) is 17.8 Å². The predicted octanol–water partition coefficient (Wildman–Crippen LogP) is 6.25. The molecule has 1 atom stereocenters. The number of piperidine rings is 1. The van der Waals surface area contributed by atoms with E-state index in [0.717, 1.165) is 29.5 Å². The molecule has 1 aliphatic heterocycles. The molecule has 1 aliphatic rings. The van der Waals surface area contributed by atoms with E-state index in [2.05, 4.69) is 68.7 Å². The van der Waals surface area contributed by atoms with E-state index in [1.54, 1.807) is 29.2 Å². The molecule has 63 heavy (non-hydrogen) atoms. The molecule has 13 nitrogen and oxygen atoms in total. The van der Waals surface area contributed by atoms with Gasteiger partial charge in [0, 0.05) is 42.9 Å². The minimum atomic E-state index is -1.47. The van der Waals surface area contributed by atoms with Gasteiger partial charge >= 0.3 is 7.12 Å². The first-order chi connectivity index (χ1) is 29.9. The van der Waals surface area contributed by atoms with Gasteiger partial charge in [0.05, 0.1) is 11.4 Å². The van der Waals surface area contributed by atoms with Crippen LogP contribution in [-0.4, -0.2) is 72.6 Å². The fourth-order valence-electron chi connectivity index (χ4n) is 7.34. The number of rotatable bonds is 10. The van der Waals surface area contributed by atoms with E-state index >= 15 is 0 Å². The van der Waals surface area contributed by atoms with Crippen LogP contribution in [0.2, 0.25) is 0 Å². The average molecular weight is 849 g/mol. The number of nitrogens with zero attached hydrogens (tertiary/aromatic N) is 5. The Bertz CT molecular complexity index is 2540. The number of benzene rings is 4. The molecule has 2 aromatic heterocycles. The fourth-order valence-corrected chi connectivity index (χ4v) is 7.34. The Labute approximate surface area is 369 Å². The maximum Gasteiger partial charge on any atom is 0.488 e. The number of likely N-dealkylation sites (tertiary alicyclic amines) is 1. The summed E-state index contributed by atoms with van der Waals surface area (Å²) in [6, 6.07) is 30.0. The molecule has 1 fully saturated rings. The molecule has 7 rings (SSSR count). The van der Waals surface area contributed by atoms with Crippen molar-refractivity contribution < 1.29 is 24.4 Å². The number of hydrogen-bond donors (Lipinski definition) is 5. The first-order valence-electron chi connectivity index (χ1n) is 21.1. The zero-order valence-electron chi connectivity index (χ0n) is 36.9. The van der Waals surface area contributed by atoms with Gasteiger partial charge in [-0.15, -0.1) is 0 Å². The Morgan fingerprint density at radius 2 is 1.29 bits per heavy atom. The van der Waals surface area contributed by atoms with Gasteiger partial charge in [-0.2, -0.15) is 5.10 Å². The number of aromatic nitrogens is 4. The van der Waals surface area contributed by atoms with Crippen molar-refractivity contribution in [1.82, 2.24) is 35.3 Å². The van der Waals surface area contributed by atoms with Gasteiger partial charge in [-0.25, -0.2) is 14.6 Å². The third-order valence-electron chi connectivity index (χ3n) is 11.2. The second-order valence-electron chi connectivity index (χ2n) is 17.9. The van der Waals surface area contributed by atoms with E-state index in [1.165, 1.54) is 23.5 Å². The summed E-state index contributed by atoms with van der Waals surface area (Å²) in [5.74, 6) is 0.0300. The first kappa shape index (κ1) is 45.9.